The summed E-state index contributed by atoms with van der Waals surface area (Å²) in [5, 5.41) is 4.53. The number of halogens is 1. The topological polar surface area (TPSA) is 15.3 Å². The molecule has 24 heavy (non-hydrogen) atoms. The fraction of sp³-hybridized carbons (Fsp3) is 0.714. The number of rotatable bonds is 1. The van der Waals surface area contributed by atoms with Crippen LogP contribution in [0.4, 0.5) is 5.69 Å². The first-order valence-electron chi connectivity index (χ1n) is 10.0. The molecule has 0 aromatic heterocycles. The van der Waals surface area contributed by atoms with Crippen molar-refractivity contribution in [1.29, 1.82) is 0 Å². The largest absolute Gasteiger partial charge is 0.384 e. The lowest BCUT2D eigenvalue weighted by atomic mass is 9.73. The normalized spacial score (nSPS) is 34.8. The summed E-state index contributed by atoms with van der Waals surface area (Å²) in [5.41, 5.74) is 3.14. The average Bonchev–Trinajstić information content (AvgIpc) is 2.78. The van der Waals surface area contributed by atoms with E-state index in [4.69, 9.17) is 11.6 Å². The van der Waals surface area contributed by atoms with Crippen LogP contribution in [0.1, 0.15) is 56.9 Å². The fourth-order valence-corrected chi connectivity index (χ4v) is 6.36. The predicted molar refractivity (Wildman–Crippen MR) is 101 cm³/mol. The molecule has 3 heteroatoms. The zero-order valence-corrected chi connectivity index (χ0v) is 15.3. The number of nitrogens with zero attached hydrogens (tertiary/aromatic N) is 1. The van der Waals surface area contributed by atoms with Gasteiger partial charge in [0.2, 0.25) is 0 Å². The van der Waals surface area contributed by atoms with Crippen LogP contribution in [0.5, 0.6) is 0 Å². The maximum Gasteiger partial charge on any atom is 0.0410 e. The van der Waals surface area contributed by atoms with Crippen molar-refractivity contribution in [1.82, 2.24) is 4.90 Å². The highest BCUT2D eigenvalue weighted by Gasteiger charge is 2.44. The Morgan fingerprint density at radius 3 is 2.54 bits per heavy atom. The number of hydrogen-bond acceptors (Lipinski definition) is 2. The Balaban J connectivity index is 1.33. The van der Waals surface area contributed by atoms with Crippen LogP contribution in [0.3, 0.4) is 0 Å². The maximum absolute atomic E-state index is 6.30. The minimum absolute atomic E-state index is 0.333. The lowest BCUT2D eigenvalue weighted by Gasteiger charge is -2.44. The zero-order valence-electron chi connectivity index (χ0n) is 14.6. The first-order chi connectivity index (χ1) is 11.7. The second-order valence-corrected chi connectivity index (χ2v) is 9.22. The third-order valence-corrected chi connectivity index (χ3v) is 7.94. The minimum atomic E-state index is 0.333. The van der Waals surface area contributed by atoms with Crippen molar-refractivity contribution < 1.29 is 0 Å². The SMILES string of the molecule is Clc1ccc2c(c1)C1(CCN(C3CCC4CCC3CC4)CC1)CN2. The van der Waals surface area contributed by atoms with E-state index in [0.717, 1.165) is 29.4 Å². The number of benzene rings is 1. The van der Waals surface area contributed by atoms with E-state index in [0.29, 0.717) is 5.41 Å². The molecule has 2 nitrogen and oxygen atoms in total. The van der Waals surface area contributed by atoms with Crippen LogP contribution in [0.15, 0.2) is 18.2 Å². The molecule has 1 aromatic rings. The molecule has 1 atom stereocenters. The van der Waals surface area contributed by atoms with Crippen molar-refractivity contribution in [3.05, 3.63) is 28.8 Å². The van der Waals surface area contributed by atoms with Crippen LogP contribution in [0.2, 0.25) is 5.02 Å². The molecular formula is C21H29ClN2. The fourth-order valence-electron chi connectivity index (χ4n) is 6.18. The highest BCUT2D eigenvalue weighted by Crippen LogP contribution is 2.47. The van der Waals surface area contributed by atoms with Gasteiger partial charge in [0.1, 0.15) is 0 Å². The molecule has 3 saturated carbocycles. The van der Waals surface area contributed by atoms with Crippen molar-refractivity contribution in [3.63, 3.8) is 0 Å². The Morgan fingerprint density at radius 2 is 1.75 bits per heavy atom. The Hall–Kier alpha value is -0.730. The highest BCUT2D eigenvalue weighted by atomic mass is 35.5. The molecule has 5 aliphatic rings. The Bertz CT molecular complexity index is 612. The molecule has 130 valence electrons. The number of piperidine rings is 1. The lowest BCUT2D eigenvalue weighted by Crippen LogP contribution is -2.49. The first-order valence-corrected chi connectivity index (χ1v) is 10.4. The van der Waals surface area contributed by atoms with E-state index in [1.165, 1.54) is 75.7 Å². The van der Waals surface area contributed by atoms with Crippen LogP contribution in [0.25, 0.3) is 0 Å². The van der Waals surface area contributed by atoms with E-state index < -0.39 is 0 Å². The molecule has 0 radical (unpaired) electrons. The van der Waals surface area contributed by atoms with Crippen molar-refractivity contribution >= 4 is 17.3 Å². The van der Waals surface area contributed by atoms with Gasteiger partial charge in [-0.25, -0.2) is 0 Å². The highest BCUT2D eigenvalue weighted by molar-refractivity contribution is 6.30. The smallest absolute Gasteiger partial charge is 0.0410 e. The monoisotopic (exact) mass is 344 g/mol. The molecule has 1 aromatic carbocycles. The second kappa shape index (κ2) is 5.92. The molecular weight excluding hydrogens is 316 g/mol. The number of fused-ring (bicyclic) bond motifs is 6. The maximum atomic E-state index is 6.30. The standard InChI is InChI=1S/C21H29ClN2/c22-17-6-7-19-18(13-17)21(14-23-19)9-11-24(12-10-21)20-8-3-15-1-4-16(20)5-2-15/h6-7,13,15-16,20,23H,1-5,8-12,14H2. The van der Waals surface area contributed by atoms with Crippen molar-refractivity contribution in [2.45, 2.75) is 62.8 Å². The molecule has 6 rings (SSSR count). The van der Waals surface area contributed by atoms with Gasteiger partial charge >= 0.3 is 0 Å². The van der Waals surface area contributed by atoms with Crippen LogP contribution >= 0.6 is 11.6 Å². The van der Waals surface area contributed by atoms with Gasteiger partial charge in [-0.2, -0.15) is 0 Å². The number of hydrogen-bond donors (Lipinski definition) is 1. The first kappa shape index (κ1) is 15.5. The van der Waals surface area contributed by atoms with Gasteiger partial charge in [0, 0.05) is 28.7 Å². The van der Waals surface area contributed by atoms with Crippen LogP contribution in [0, 0.1) is 11.8 Å². The lowest BCUT2D eigenvalue weighted by molar-refractivity contribution is 0.0784. The zero-order chi connectivity index (χ0) is 16.1. The van der Waals surface area contributed by atoms with Gasteiger partial charge in [0.25, 0.3) is 0 Å². The van der Waals surface area contributed by atoms with Gasteiger partial charge in [-0.1, -0.05) is 24.4 Å². The summed E-state index contributed by atoms with van der Waals surface area (Å²) >= 11 is 6.30. The number of likely N-dealkylation sites (tertiary alicyclic amines) is 1. The van der Waals surface area contributed by atoms with Gasteiger partial charge in [-0.3, -0.25) is 0 Å². The van der Waals surface area contributed by atoms with E-state index in [-0.39, 0.29) is 0 Å². The molecule has 0 amide bonds. The molecule has 4 fully saturated rings. The molecule has 2 heterocycles. The van der Waals surface area contributed by atoms with E-state index in [9.17, 15) is 0 Å². The molecule has 1 spiro atoms. The van der Waals surface area contributed by atoms with Gasteiger partial charge in [-0.05, 0) is 87.2 Å². The Kier molecular flexibility index (Phi) is 3.83. The van der Waals surface area contributed by atoms with Gasteiger partial charge in [0.15, 0.2) is 0 Å². The second-order valence-electron chi connectivity index (χ2n) is 8.79. The van der Waals surface area contributed by atoms with Crippen molar-refractivity contribution in [2.75, 3.05) is 25.0 Å². The predicted octanol–water partition coefficient (Wildman–Crippen LogP) is 5.07. The van der Waals surface area contributed by atoms with E-state index in [1.54, 1.807) is 0 Å². The van der Waals surface area contributed by atoms with Crippen molar-refractivity contribution in [2.24, 2.45) is 11.8 Å². The summed E-state index contributed by atoms with van der Waals surface area (Å²) in [6.45, 7) is 3.66. The van der Waals surface area contributed by atoms with Crippen LogP contribution in [-0.4, -0.2) is 30.6 Å². The molecule has 1 N–H and O–H groups in total. The summed E-state index contributed by atoms with van der Waals surface area (Å²) in [6.07, 6.45) is 11.5. The third kappa shape index (κ3) is 2.49. The molecule has 3 aliphatic carbocycles. The van der Waals surface area contributed by atoms with Gasteiger partial charge in [0.05, 0.1) is 0 Å². The minimum Gasteiger partial charge on any atom is -0.384 e. The third-order valence-electron chi connectivity index (χ3n) is 7.70. The van der Waals surface area contributed by atoms with Crippen LogP contribution < -0.4 is 5.32 Å². The Morgan fingerprint density at radius 1 is 1.00 bits per heavy atom. The number of anilines is 1. The van der Waals surface area contributed by atoms with E-state index >= 15 is 0 Å². The molecule has 1 saturated heterocycles. The van der Waals surface area contributed by atoms with Crippen molar-refractivity contribution in [3.8, 4) is 0 Å². The summed E-state index contributed by atoms with van der Waals surface area (Å²) in [7, 11) is 0. The summed E-state index contributed by atoms with van der Waals surface area (Å²) in [5.74, 6) is 2.04. The summed E-state index contributed by atoms with van der Waals surface area (Å²) in [6, 6.07) is 7.29. The van der Waals surface area contributed by atoms with Gasteiger partial charge < -0.3 is 10.2 Å². The summed E-state index contributed by atoms with van der Waals surface area (Å²) < 4.78 is 0. The molecule has 1 unspecified atom stereocenters. The van der Waals surface area contributed by atoms with Crippen LogP contribution in [-0.2, 0) is 5.41 Å². The Labute approximate surface area is 150 Å². The van der Waals surface area contributed by atoms with E-state index in [2.05, 4.69) is 22.3 Å². The van der Waals surface area contributed by atoms with Gasteiger partial charge in [-0.15, -0.1) is 0 Å². The average molecular weight is 345 g/mol. The molecule has 2 aliphatic heterocycles. The quantitative estimate of drug-likeness (QED) is 0.765. The molecule has 2 bridgehead atoms. The number of nitrogens with one attached hydrogen (secondary N) is 1. The van der Waals surface area contributed by atoms with E-state index in [1.807, 2.05) is 6.07 Å². The summed E-state index contributed by atoms with van der Waals surface area (Å²) in [4.78, 5) is 2.87.